The molecule has 0 fully saturated rings. The molecule has 3 aromatic carbocycles. The van der Waals surface area contributed by atoms with E-state index in [1.165, 1.54) is 160 Å². The van der Waals surface area contributed by atoms with Gasteiger partial charge in [-0.15, -0.1) is 0 Å². The first kappa shape index (κ1) is 37.6. The normalized spacial score (nSPS) is 11.7. The van der Waals surface area contributed by atoms with Crippen LogP contribution >= 0.6 is 0 Å². The Hall–Kier alpha value is -2.86. The Morgan fingerprint density at radius 1 is 0.348 bits per heavy atom. The van der Waals surface area contributed by atoms with Gasteiger partial charge in [0.2, 0.25) is 0 Å². The molecule has 0 saturated carbocycles. The topological polar surface area (TPSA) is 0 Å². The largest absolute Gasteiger partial charge is 0.0654 e. The third-order valence-corrected chi connectivity index (χ3v) is 9.51. The minimum Gasteiger partial charge on any atom is -0.0654 e. The minimum absolute atomic E-state index is 1.15. The van der Waals surface area contributed by atoms with Gasteiger partial charge in [0.1, 0.15) is 0 Å². The second-order valence-electron chi connectivity index (χ2n) is 13.6. The van der Waals surface area contributed by atoms with Crippen LogP contribution in [-0.4, -0.2) is 0 Å². The molecule has 0 nitrogen and oxygen atoms in total. The van der Waals surface area contributed by atoms with Crippen molar-refractivity contribution in [2.75, 3.05) is 0 Å². The molecule has 0 amide bonds. The predicted octanol–water partition coefficient (Wildman–Crippen LogP) is 14.5. The number of benzene rings is 3. The first-order valence-electron chi connectivity index (χ1n) is 19.4. The fourth-order valence-corrected chi connectivity index (χ4v) is 6.43. The Bertz CT molecular complexity index is 1150. The van der Waals surface area contributed by atoms with E-state index in [1.807, 2.05) is 0 Å². The lowest BCUT2D eigenvalue weighted by atomic mass is 9.91. The van der Waals surface area contributed by atoms with Crippen LogP contribution in [0.25, 0.3) is 24.3 Å². The molecular weight excluding hydrogens is 553 g/mol. The molecule has 0 unspecified atom stereocenters. The average Bonchev–Trinajstić information content (AvgIpc) is 3.09. The second kappa shape index (κ2) is 23.5. The highest BCUT2D eigenvalue weighted by atomic mass is 14.1. The van der Waals surface area contributed by atoms with Gasteiger partial charge in [-0.1, -0.05) is 190 Å². The molecule has 0 bridgehead atoms. The van der Waals surface area contributed by atoms with E-state index < -0.39 is 0 Å². The maximum Gasteiger partial charge on any atom is -0.0221 e. The second-order valence-corrected chi connectivity index (χ2v) is 13.6. The van der Waals surface area contributed by atoms with Gasteiger partial charge >= 0.3 is 0 Å². The zero-order valence-electron chi connectivity index (χ0n) is 30.2. The molecule has 250 valence electrons. The van der Waals surface area contributed by atoms with Crippen LogP contribution in [0.15, 0.2) is 60.7 Å². The summed E-state index contributed by atoms with van der Waals surface area (Å²) in [4.78, 5) is 0. The van der Waals surface area contributed by atoms with E-state index in [2.05, 4.69) is 113 Å². The highest BCUT2D eigenvalue weighted by Crippen LogP contribution is 2.26. The molecule has 0 atom stereocenters. The van der Waals surface area contributed by atoms with E-state index in [1.54, 1.807) is 0 Å². The van der Waals surface area contributed by atoms with Crippen molar-refractivity contribution in [3.8, 4) is 0 Å². The van der Waals surface area contributed by atoms with E-state index in [0.717, 1.165) is 12.8 Å². The summed E-state index contributed by atoms with van der Waals surface area (Å²) < 4.78 is 0. The molecule has 0 aliphatic rings. The molecule has 3 rings (SSSR count). The van der Waals surface area contributed by atoms with Crippen molar-refractivity contribution in [3.05, 3.63) is 105 Å². The zero-order chi connectivity index (χ0) is 32.7. The lowest BCUT2D eigenvalue weighted by molar-refractivity contribution is 0.663. The summed E-state index contributed by atoms with van der Waals surface area (Å²) >= 11 is 0. The van der Waals surface area contributed by atoms with Crippen LogP contribution in [0.4, 0.5) is 0 Å². The third-order valence-electron chi connectivity index (χ3n) is 9.51. The van der Waals surface area contributed by atoms with Gasteiger partial charge in [-0.2, -0.15) is 0 Å². The monoisotopic (exact) mass is 619 g/mol. The van der Waals surface area contributed by atoms with Gasteiger partial charge in [0.25, 0.3) is 0 Å². The van der Waals surface area contributed by atoms with E-state index in [0.29, 0.717) is 0 Å². The minimum atomic E-state index is 1.15. The summed E-state index contributed by atoms with van der Waals surface area (Å²) in [6.07, 6.45) is 35.1. The first-order valence-corrected chi connectivity index (χ1v) is 19.4. The highest BCUT2D eigenvalue weighted by Gasteiger charge is 2.09. The maximum atomic E-state index is 2.53. The number of rotatable bonds is 24. The Morgan fingerprint density at radius 2 is 0.674 bits per heavy atom. The van der Waals surface area contributed by atoms with Crippen LogP contribution in [0.2, 0.25) is 0 Å². The van der Waals surface area contributed by atoms with Gasteiger partial charge in [-0.3, -0.25) is 0 Å². The molecule has 0 heterocycles. The van der Waals surface area contributed by atoms with Crippen molar-refractivity contribution in [1.82, 2.24) is 0 Å². The summed E-state index contributed by atoms with van der Waals surface area (Å²) in [5.74, 6) is 0. The molecule has 0 spiro atoms. The number of hydrogen-bond donors (Lipinski definition) is 0. The summed E-state index contributed by atoms with van der Waals surface area (Å²) in [6, 6.07) is 23.6. The summed E-state index contributed by atoms with van der Waals surface area (Å²) in [7, 11) is 0. The van der Waals surface area contributed by atoms with E-state index in [9.17, 15) is 0 Å². The van der Waals surface area contributed by atoms with Crippen LogP contribution in [-0.2, 0) is 25.7 Å². The van der Waals surface area contributed by atoms with E-state index in [-0.39, 0.29) is 0 Å². The van der Waals surface area contributed by atoms with Crippen LogP contribution < -0.4 is 0 Å². The number of unbranched alkanes of at least 4 members (excludes halogenated alkanes) is 12. The van der Waals surface area contributed by atoms with Gasteiger partial charge < -0.3 is 0 Å². The summed E-state index contributed by atoms with van der Waals surface area (Å²) in [6.45, 7) is 9.18. The lowest BCUT2D eigenvalue weighted by Gasteiger charge is -2.14. The van der Waals surface area contributed by atoms with Crippen molar-refractivity contribution in [2.24, 2.45) is 0 Å². The van der Waals surface area contributed by atoms with Gasteiger partial charge in [0.15, 0.2) is 0 Å². The number of aryl methyl sites for hydroxylation is 4. The van der Waals surface area contributed by atoms with Gasteiger partial charge in [-0.05, 0) is 95.9 Å². The maximum absolute atomic E-state index is 2.53. The fourth-order valence-electron chi connectivity index (χ4n) is 6.43. The summed E-state index contributed by atoms with van der Waals surface area (Å²) in [5.41, 5.74) is 11.4. The Kier molecular flexibility index (Phi) is 19.2. The molecular formula is C46H66. The molecule has 0 aromatic heterocycles. The van der Waals surface area contributed by atoms with Crippen molar-refractivity contribution in [3.63, 3.8) is 0 Å². The predicted molar refractivity (Wildman–Crippen MR) is 209 cm³/mol. The van der Waals surface area contributed by atoms with Crippen molar-refractivity contribution >= 4 is 24.3 Å². The smallest absolute Gasteiger partial charge is 0.0221 e. The van der Waals surface area contributed by atoms with Crippen molar-refractivity contribution in [1.29, 1.82) is 0 Å². The molecule has 0 aliphatic heterocycles. The molecule has 0 heteroatoms. The molecule has 3 aromatic rings. The summed E-state index contributed by atoms with van der Waals surface area (Å²) in [5, 5.41) is 0. The fraction of sp³-hybridized carbons (Fsp3) is 0.522. The van der Waals surface area contributed by atoms with Crippen LogP contribution in [0.3, 0.4) is 0 Å². The molecule has 0 radical (unpaired) electrons. The zero-order valence-corrected chi connectivity index (χ0v) is 30.2. The highest BCUT2D eigenvalue weighted by molar-refractivity contribution is 5.76. The Morgan fingerprint density at radius 3 is 1.00 bits per heavy atom. The molecule has 0 N–H and O–H groups in total. The van der Waals surface area contributed by atoms with Crippen molar-refractivity contribution in [2.45, 2.75) is 156 Å². The first-order chi connectivity index (χ1) is 22.7. The van der Waals surface area contributed by atoms with Gasteiger partial charge in [0, 0.05) is 0 Å². The third kappa shape index (κ3) is 14.7. The molecule has 0 aliphatic carbocycles. The van der Waals surface area contributed by atoms with E-state index >= 15 is 0 Å². The lowest BCUT2D eigenvalue weighted by Crippen LogP contribution is -1.98. The van der Waals surface area contributed by atoms with Gasteiger partial charge in [0.05, 0.1) is 0 Å². The SMILES string of the molecule is CCCCCCc1ccc(/C=C/c2cc(CCCCCC)c(/C=C/c3ccc(CCCCCC)cc3)cc2CCCCCC)cc1. The molecule has 46 heavy (non-hydrogen) atoms. The van der Waals surface area contributed by atoms with Crippen molar-refractivity contribution < 1.29 is 0 Å². The number of hydrogen-bond acceptors (Lipinski definition) is 0. The molecule has 0 saturated heterocycles. The quantitative estimate of drug-likeness (QED) is 0.0692. The van der Waals surface area contributed by atoms with Crippen LogP contribution in [0.5, 0.6) is 0 Å². The standard InChI is InChI=1S/C46H66/c1-5-9-13-17-21-39-25-29-41(30-26-39)33-35-45-37-44(24-20-16-12-8-4)46(38-43(45)23-19-15-11-7-3)36-34-42-31-27-40(28-32-42)22-18-14-10-6-2/h25-38H,5-24H2,1-4H3/b35-33+,36-34+. The van der Waals surface area contributed by atoms with Crippen LogP contribution in [0.1, 0.15) is 175 Å². The Labute approximate surface area is 284 Å². The van der Waals surface area contributed by atoms with Gasteiger partial charge in [-0.25, -0.2) is 0 Å². The average molecular weight is 619 g/mol. The Balaban J connectivity index is 1.83. The van der Waals surface area contributed by atoms with Crippen LogP contribution in [0, 0.1) is 0 Å². The van der Waals surface area contributed by atoms with E-state index in [4.69, 9.17) is 0 Å².